The highest BCUT2D eigenvalue weighted by Crippen LogP contribution is 2.33. The number of nitrogens with zero attached hydrogens (tertiary/aromatic N) is 1. The molecule has 0 aliphatic heterocycles. The normalized spacial score (nSPS) is 20.3. The number of carbonyl (C=O) groups excluding carboxylic acids is 1. The van der Waals surface area contributed by atoms with Crippen LogP contribution in [0.2, 0.25) is 0 Å². The third-order valence-corrected chi connectivity index (χ3v) is 3.64. The second-order valence-corrected chi connectivity index (χ2v) is 5.28. The number of aliphatic carboxylic acids is 1. The van der Waals surface area contributed by atoms with Crippen molar-refractivity contribution in [3.63, 3.8) is 0 Å². The first-order valence-corrected chi connectivity index (χ1v) is 6.87. The summed E-state index contributed by atoms with van der Waals surface area (Å²) in [7, 11) is 0. The van der Waals surface area contributed by atoms with Gasteiger partial charge in [-0.2, -0.15) is 0 Å². The maximum atomic E-state index is 12.2. The monoisotopic (exact) mass is 276 g/mol. The Hall–Kier alpha value is -2.04. The Labute approximate surface area is 118 Å². The van der Waals surface area contributed by atoms with Crippen LogP contribution in [0.25, 0.3) is 0 Å². The van der Waals surface area contributed by atoms with E-state index in [1.54, 1.807) is 12.1 Å². The second kappa shape index (κ2) is 5.94. The van der Waals surface area contributed by atoms with Crippen LogP contribution in [0, 0.1) is 12.8 Å². The third kappa shape index (κ3) is 3.50. The number of carboxylic acids is 1. The van der Waals surface area contributed by atoms with E-state index < -0.39 is 5.97 Å². The fraction of sp³-hybridized carbons (Fsp3) is 0.467. The van der Waals surface area contributed by atoms with Gasteiger partial charge in [0.15, 0.2) is 0 Å². The lowest BCUT2D eigenvalue weighted by Gasteiger charge is -2.21. The third-order valence-electron chi connectivity index (χ3n) is 3.64. The molecule has 2 rings (SSSR count). The van der Waals surface area contributed by atoms with Crippen molar-refractivity contribution in [1.82, 2.24) is 5.32 Å². The molecule has 108 valence electrons. The molecule has 20 heavy (non-hydrogen) atoms. The van der Waals surface area contributed by atoms with Gasteiger partial charge in [-0.25, -0.2) is 4.79 Å². The van der Waals surface area contributed by atoms with Crippen molar-refractivity contribution in [2.45, 2.75) is 32.7 Å². The van der Waals surface area contributed by atoms with Gasteiger partial charge in [0.05, 0.1) is 0 Å². The van der Waals surface area contributed by atoms with Gasteiger partial charge in [0.2, 0.25) is 0 Å². The van der Waals surface area contributed by atoms with Crippen molar-refractivity contribution in [1.29, 1.82) is 0 Å². The van der Waals surface area contributed by atoms with Crippen molar-refractivity contribution < 1.29 is 14.7 Å². The van der Waals surface area contributed by atoms with Crippen LogP contribution in [0.15, 0.2) is 24.3 Å². The number of rotatable bonds is 5. The lowest BCUT2D eigenvalue weighted by Crippen LogP contribution is -2.44. The molecule has 2 atom stereocenters. The highest BCUT2D eigenvalue weighted by Gasteiger charge is 2.37. The van der Waals surface area contributed by atoms with E-state index in [2.05, 4.69) is 12.2 Å². The Morgan fingerprint density at radius 2 is 2.00 bits per heavy atom. The molecule has 0 spiro atoms. The molecule has 5 heteroatoms. The number of hydrogen-bond acceptors (Lipinski definition) is 2. The lowest BCUT2D eigenvalue weighted by atomic mass is 10.2. The standard InChI is InChI=1S/C15H20N2O3/c1-3-11-8-13(11)16-15(20)17(9-14(18)19)12-6-4-10(2)5-7-12/h4-7,11,13H,3,8-9H2,1-2H3,(H,16,20)(H,18,19). The summed E-state index contributed by atoms with van der Waals surface area (Å²) >= 11 is 0. The molecule has 0 radical (unpaired) electrons. The smallest absolute Gasteiger partial charge is 0.323 e. The predicted octanol–water partition coefficient (Wildman–Crippen LogP) is 2.39. The van der Waals surface area contributed by atoms with Gasteiger partial charge < -0.3 is 10.4 Å². The van der Waals surface area contributed by atoms with Crippen LogP contribution >= 0.6 is 0 Å². The number of benzene rings is 1. The summed E-state index contributed by atoms with van der Waals surface area (Å²) < 4.78 is 0. The first-order valence-electron chi connectivity index (χ1n) is 6.87. The molecule has 0 aromatic heterocycles. The molecular weight excluding hydrogens is 256 g/mol. The predicted molar refractivity (Wildman–Crippen MR) is 76.9 cm³/mol. The van der Waals surface area contributed by atoms with Crippen molar-refractivity contribution in [2.24, 2.45) is 5.92 Å². The molecular formula is C15H20N2O3. The van der Waals surface area contributed by atoms with Crippen molar-refractivity contribution in [2.75, 3.05) is 11.4 Å². The molecule has 0 bridgehead atoms. The van der Waals surface area contributed by atoms with E-state index in [4.69, 9.17) is 5.11 Å². The Kier molecular flexibility index (Phi) is 4.27. The SMILES string of the molecule is CCC1CC1NC(=O)N(CC(=O)O)c1ccc(C)cc1. The molecule has 1 saturated carbocycles. The van der Waals surface area contributed by atoms with E-state index in [1.165, 1.54) is 4.90 Å². The first kappa shape index (κ1) is 14.4. The second-order valence-electron chi connectivity index (χ2n) is 5.28. The van der Waals surface area contributed by atoms with Gasteiger partial charge in [0.25, 0.3) is 0 Å². The number of amides is 2. The summed E-state index contributed by atoms with van der Waals surface area (Å²) in [4.78, 5) is 24.5. The molecule has 1 aromatic carbocycles. The minimum atomic E-state index is -1.02. The van der Waals surface area contributed by atoms with Crippen LogP contribution in [0.3, 0.4) is 0 Å². The molecule has 1 aliphatic rings. The van der Waals surface area contributed by atoms with Crippen molar-refractivity contribution >= 4 is 17.7 Å². The maximum absolute atomic E-state index is 12.2. The van der Waals surface area contributed by atoms with Crippen molar-refractivity contribution in [3.8, 4) is 0 Å². The quantitative estimate of drug-likeness (QED) is 0.867. The molecule has 1 aliphatic carbocycles. The van der Waals surface area contributed by atoms with Crippen LogP contribution in [0.5, 0.6) is 0 Å². The number of anilines is 1. The van der Waals surface area contributed by atoms with E-state index in [0.29, 0.717) is 11.6 Å². The van der Waals surface area contributed by atoms with E-state index in [0.717, 1.165) is 18.4 Å². The summed E-state index contributed by atoms with van der Waals surface area (Å²) in [6, 6.07) is 7.11. The van der Waals surface area contributed by atoms with Crippen LogP contribution in [-0.2, 0) is 4.79 Å². The van der Waals surface area contributed by atoms with Crippen molar-refractivity contribution in [3.05, 3.63) is 29.8 Å². The minimum Gasteiger partial charge on any atom is -0.480 e. The Balaban J connectivity index is 2.08. The molecule has 5 nitrogen and oxygen atoms in total. The first-order chi connectivity index (χ1) is 9.51. The van der Waals surface area contributed by atoms with Gasteiger partial charge in [-0.15, -0.1) is 0 Å². The minimum absolute atomic E-state index is 0.189. The molecule has 2 N–H and O–H groups in total. The molecule has 0 heterocycles. The molecule has 1 aromatic rings. The Morgan fingerprint density at radius 3 is 2.50 bits per heavy atom. The zero-order chi connectivity index (χ0) is 14.7. The molecule has 2 unspecified atom stereocenters. The number of aryl methyl sites for hydroxylation is 1. The number of carboxylic acid groups (broad SMARTS) is 1. The van der Waals surface area contributed by atoms with Crippen LogP contribution in [0.4, 0.5) is 10.5 Å². The van der Waals surface area contributed by atoms with Crippen LogP contribution < -0.4 is 10.2 Å². The van der Waals surface area contributed by atoms with Gasteiger partial charge in [-0.1, -0.05) is 31.0 Å². The van der Waals surface area contributed by atoms with E-state index >= 15 is 0 Å². The molecule has 1 fully saturated rings. The fourth-order valence-electron chi connectivity index (χ4n) is 2.25. The Bertz CT molecular complexity index is 498. The molecule has 0 saturated heterocycles. The average molecular weight is 276 g/mol. The number of urea groups is 1. The van der Waals surface area contributed by atoms with Gasteiger partial charge in [0, 0.05) is 11.7 Å². The van der Waals surface area contributed by atoms with Crippen LogP contribution in [-0.4, -0.2) is 29.7 Å². The summed E-state index contributed by atoms with van der Waals surface area (Å²) in [5.74, 6) is -0.493. The topological polar surface area (TPSA) is 69.6 Å². The highest BCUT2D eigenvalue weighted by atomic mass is 16.4. The number of hydrogen-bond donors (Lipinski definition) is 2. The largest absolute Gasteiger partial charge is 0.480 e. The zero-order valence-electron chi connectivity index (χ0n) is 11.8. The average Bonchev–Trinajstić information content (AvgIpc) is 3.15. The highest BCUT2D eigenvalue weighted by molar-refractivity contribution is 5.96. The number of carbonyl (C=O) groups is 2. The molecule has 2 amide bonds. The van der Waals surface area contributed by atoms with E-state index in [1.807, 2.05) is 19.1 Å². The lowest BCUT2D eigenvalue weighted by molar-refractivity contribution is -0.135. The number of nitrogens with one attached hydrogen (secondary N) is 1. The maximum Gasteiger partial charge on any atom is 0.323 e. The van der Waals surface area contributed by atoms with Gasteiger partial charge in [-0.3, -0.25) is 9.69 Å². The zero-order valence-corrected chi connectivity index (χ0v) is 11.8. The van der Waals surface area contributed by atoms with Gasteiger partial charge >= 0.3 is 12.0 Å². The summed E-state index contributed by atoms with van der Waals surface area (Å²) in [5.41, 5.74) is 1.67. The van der Waals surface area contributed by atoms with E-state index in [-0.39, 0.29) is 18.6 Å². The summed E-state index contributed by atoms with van der Waals surface area (Å²) in [5, 5.41) is 11.9. The van der Waals surface area contributed by atoms with Gasteiger partial charge in [0.1, 0.15) is 6.54 Å². The summed E-state index contributed by atoms with van der Waals surface area (Å²) in [6.45, 7) is 3.70. The Morgan fingerprint density at radius 1 is 1.35 bits per heavy atom. The van der Waals surface area contributed by atoms with Crippen LogP contribution in [0.1, 0.15) is 25.3 Å². The van der Waals surface area contributed by atoms with Gasteiger partial charge in [-0.05, 0) is 31.4 Å². The summed E-state index contributed by atoms with van der Waals surface area (Å²) in [6.07, 6.45) is 2.02. The fourth-order valence-corrected chi connectivity index (χ4v) is 2.25. The van der Waals surface area contributed by atoms with E-state index in [9.17, 15) is 9.59 Å².